The van der Waals surface area contributed by atoms with Crippen LogP contribution in [0.1, 0.15) is 42.6 Å². The predicted molar refractivity (Wildman–Crippen MR) is 95.4 cm³/mol. The van der Waals surface area contributed by atoms with Crippen LogP contribution in [0.2, 0.25) is 0 Å². The van der Waals surface area contributed by atoms with Gasteiger partial charge < -0.3 is 16.4 Å². The lowest BCUT2D eigenvalue weighted by Gasteiger charge is -2.17. The number of fused-ring (bicyclic) bond motifs is 1. The molecule has 24 heavy (non-hydrogen) atoms. The number of ketones is 1. The number of amides is 2. The Hall–Kier alpha value is -1.92. The topological polar surface area (TPSA) is 101 Å². The van der Waals surface area contributed by atoms with E-state index in [4.69, 9.17) is 5.73 Å². The molecule has 0 saturated carbocycles. The fourth-order valence-corrected chi connectivity index (χ4v) is 2.50. The number of halogens is 1. The summed E-state index contributed by atoms with van der Waals surface area (Å²) in [5, 5.41) is 5.20. The maximum Gasteiger partial charge on any atom is 0.243 e. The molecule has 1 aromatic rings. The minimum Gasteiger partial charge on any atom is -0.346 e. The maximum absolute atomic E-state index is 11.9. The summed E-state index contributed by atoms with van der Waals surface area (Å²) in [5.74, 6) is -0.587. The van der Waals surface area contributed by atoms with E-state index in [2.05, 4.69) is 10.6 Å². The SMILES string of the molecule is CC(C)[C@H](N)C(=O)NCC(=O)Nc1ccc2c(c1)C(=O)CCC2.Cl. The van der Waals surface area contributed by atoms with Crippen LogP contribution in [0.15, 0.2) is 18.2 Å². The van der Waals surface area contributed by atoms with Gasteiger partial charge in [0.15, 0.2) is 5.78 Å². The Bertz CT molecular complexity index is 632. The van der Waals surface area contributed by atoms with Crippen LogP contribution in [-0.2, 0) is 16.0 Å². The highest BCUT2D eigenvalue weighted by atomic mass is 35.5. The molecule has 132 valence electrons. The molecule has 0 heterocycles. The van der Waals surface area contributed by atoms with E-state index in [1.807, 2.05) is 19.9 Å². The molecule has 2 rings (SSSR count). The van der Waals surface area contributed by atoms with Gasteiger partial charge in [-0.15, -0.1) is 12.4 Å². The summed E-state index contributed by atoms with van der Waals surface area (Å²) < 4.78 is 0. The third-order valence-electron chi connectivity index (χ3n) is 3.99. The van der Waals surface area contributed by atoms with Crippen molar-refractivity contribution < 1.29 is 14.4 Å². The number of anilines is 1. The normalized spacial score (nSPS) is 14.4. The van der Waals surface area contributed by atoms with Gasteiger partial charge >= 0.3 is 0 Å². The van der Waals surface area contributed by atoms with Crippen molar-refractivity contribution in [3.63, 3.8) is 0 Å². The van der Waals surface area contributed by atoms with E-state index in [-0.39, 0.29) is 42.5 Å². The standard InChI is InChI=1S/C17H23N3O3.ClH/c1-10(2)16(18)17(23)19-9-15(22)20-12-7-6-11-4-3-5-14(21)13(11)8-12;/h6-8,10,16H,3-5,9,18H2,1-2H3,(H,19,23)(H,20,22);1H/t16-;/m0./s1. The smallest absolute Gasteiger partial charge is 0.243 e. The lowest BCUT2D eigenvalue weighted by Crippen LogP contribution is -2.46. The molecule has 4 N–H and O–H groups in total. The van der Waals surface area contributed by atoms with Gasteiger partial charge in [0.1, 0.15) is 0 Å². The molecule has 0 bridgehead atoms. The molecular formula is C17H24ClN3O3. The molecule has 0 saturated heterocycles. The Morgan fingerprint density at radius 3 is 2.62 bits per heavy atom. The molecule has 0 radical (unpaired) electrons. The number of hydrogen-bond donors (Lipinski definition) is 3. The minimum absolute atomic E-state index is 0. The number of nitrogens with one attached hydrogen (secondary N) is 2. The molecular weight excluding hydrogens is 330 g/mol. The first-order chi connectivity index (χ1) is 10.9. The summed E-state index contributed by atoms with van der Waals surface area (Å²) in [6.07, 6.45) is 2.31. The number of carbonyl (C=O) groups excluding carboxylic acids is 3. The lowest BCUT2D eigenvalue weighted by molar-refractivity contribution is -0.125. The average Bonchev–Trinajstić information content (AvgIpc) is 2.52. The molecule has 7 heteroatoms. The van der Waals surface area contributed by atoms with Crippen molar-refractivity contribution in [3.8, 4) is 0 Å². The highest BCUT2D eigenvalue weighted by molar-refractivity contribution is 6.01. The zero-order chi connectivity index (χ0) is 17.0. The quantitative estimate of drug-likeness (QED) is 0.749. The van der Waals surface area contributed by atoms with Gasteiger partial charge in [-0.1, -0.05) is 19.9 Å². The molecule has 0 aromatic heterocycles. The van der Waals surface area contributed by atoms with E-state index in [1.54, 1.807) is 12.1 Å². The van der Waals surface area contributed by atoms with Crippen molar-refractivity contribution in [2.24, 2.45) is 11.7 Å². The van der Waals surface area contributed by atoms with Crippen LogP contribution in [0.5, 0.6) is 0 Å². The van der Waals surface area contributed by atoms with Gasteiger partial charge in [-0.3, -0.25) is 14.4 Å². The van der Waals surface area contributed by atoms with Gasteiger partial charge in [0, 0.05) is 17.7 Å². The van der Waals surface area contributed by atoms with Crippen LogP contribution in [0.25, 0.3) is 0 Å². The van der Waals surface area contributed by atoms with E-state index in [9.17, 15) is 14.4 Å². The van der Waals surface area contributed by atoms with Crippen molar-refractivity contribution in [2.45, 2.75) is 39.2 Å². The van der Waals surface area contributed by atoms with Crippen molar-refractivity contribution in [1.82, 2.24) is 5.32 Å². The fourth-order valence-electron chi connectivity index (χ4n) is 2.50. The molecule has 2 amide bonds. The second kappa shape index (κ2) is 8.80. The molecule has 0 fully saturated rings. The van der Waals surface area contributed by atoms with Gasteiger partial charge in [0.25, 0.3) is 0 Å². The Labute approximate surface area is 148 Å². The highest BCUT2D eigenvalue weighted by Crippen LogP contribution is 2.24. The number of Topliss-reactive ketones (excluding diaryl/α,β-unsaturated/α-hetero) is 1. The van der Waals surface area contributed by atoms with E-state index in [0.29, 0.717) is 17.7 Å². The van der Waals surface area contributed by atoms with Gasteiger partial charge in [-0.05, 0) is 36.5 Å². The van der Waals surface area contributed by atoms with Crippen LogP contribution >= 0.6 is 12.4 Å². The number of hydrogen-bond acceptors (Lipinski definition) is 4. The van der Waals surface area contributed by atoms with Crippen molar-refractivity contribution in [2.75, 3.05) is 11.9 Å². The minimum atomic E-state index is -0.635. The molecule has 1 aromatic carbocycles. The van der Waals surface area contributed by atoms with Crippen molar-refractivity contribution in [3.05, 3.63) is 29.3 Å². The molecule has 0 aliphatic heterocycles. The monoisotopic (exact) mass is 353 g/mol. The predicted octanol–water partition coefficient (Wildman–Crippen LogP) is 1.67. The summed E-state index contributed by atoms with van der Waals surface area (Å²) in [7, 11) is 0. The third-order valence-corrected chi connectivity index (χ3v) is 3.99. The molecule has 6 nitrogen and oxygen atoms in total. The third kappa shape index (κ3) is 5.04. The zero-order valence-corrected chi connectivity index (χ0v) is 14.7. The summed E-state index contributed by atoms with van der Waals surface area (Å²) in [4.78, 5) is 35.5. The highest BCUT2D eigenvalue weighted by Gasteiger charge is 2.19. The number of aryl methyl sites for hydroxylation is 1. The van der Waals surface area contributed by atoms with E-state index in [0.717, 1.165) is 18.4 Å². The Kier molecular flexibility index (Phi) is 7.38. The fraction of sp³-hybridized carbons (Fsp3) is 0.471. The van der Waals surface area contributed by atoms with Gasteiger partial charge in [-0.25, -0.2) is 0 Å². The number of carbonyl (C=O) groups is 3. The van der Waals surface area contributed by atoms with Gasteiger partial charge in [0.05, 0.1) is 12.6 Å². The molecule has 1 aliphatic rings. The van der Waals surface area contributed by atoms with Crippen LogP contribution in [0.4, 0.5) is 5.69 Å². The summed E-state index contributed by atoms with van der Waals surface area (Å²) in [6.45, 7) is 3.53. The first kappa shape index (κ1) is 20.1. The lowest BCUT2D eigenvalue weighted by atomic mass is 9.90. The largest absolute Gasteiger partial charge is 0.346 e. The zero-order valence-electron chi connectivity index (χ0n) is 13.9. The maximum atomic E-state index is 11.9. The summed E-state index contributed by atoms with van der Waals surface area (Å²) in [5.41, 5.74) is 7.97. The van der Waals surface area contributed by atoms with E-state index < -0.39 is 6.04 Å². The van der Waals surface area contributed by atoms with Crippen LogP contribution < -0.4 is 16.4 Å². The number of rotatable bonds is 5. The molecule has 1 aliphatic carbocycles. The molecule has 0 unspecified atom stereocenters. The van der Waals surface area contributed by atoms with Gasteiger partial charge in [-0.2, -0.15) is 0 Å². The summed E-state index contributed by atoms with van der Waals surface area (Å²) in [6, 6.07) is 4.71. The van der Waals surface area contributed by atoms with Crippen LogP contribution in [-0.4, -0.2) is 30.2 Å². The van der Waals surface area contributed by atoms with Crippen molar-refractivity contribution in [1.29, 1.82) is 0 Å². The second-order valence-electron chi connectivity index (χ2n) is 6.18. The second-order valence-corrected chi connectivity index (χ2v) is 6.18. The van der Waals surface area contributed by atoms with Crippen LogP contribution in [0, 0.1) is 5.92 Å². The molecule has 0 spiro atoms. The van der Waals surface area contributed by atoms with E-state index >= 15 is 0 Å². The number of nitrogens with two attached hydrogens (primary N) is 1. The first-order valence-electron chi connectivity index (χ1n) is 7.87. The summed E-state index contributed by atoms with van der Waals surface area (Å²) >= 11 is 0. The Morgan fingerprint density at radius 1 is 1.25 bits per heavy atom. The van der Waals surface area contributed by atoms with Crippen LogP contribution in [0.3, 0.4) is 0 Å². The molecule has 1 atom stereocenters. The average molecular weight is 354 g/mol. The Balaban J connectivity index is 0.00000288. The van der Waals surface area contributed by atoms with E-state index in [1.165, 1.54) is 0 Å². The number of benzene rings is 1. The van der Waals surface area contributed by atoms with Crippen molar-refractivity contribution >= 4 is 35.7 Å². The first-order valence-corrected chi connectivity index (χ1v) is 7.87. The van der Waals surface area contributed by atoms with Gasteiger partial charge in [0.2, 0.25) is 11.8 Å². The Morgan fingerprint density at radius 2 is 1.96 bits per heavy atom.